The Hall–Kier alpha value is -1.79. The van der Waals surface area contributed by atoms with Gasteiger partial charge in [-0.05, 0) is 65.2 Å². The Labute approximate surface area is 344 Å². The highest BCUT2D eigenvalue weighted by atomic mass is 28.3. The average molecular weight is 837 g/mol. The van der Waals surface area contributed by atoms with E-state index in [-0.39, 0.29) is 73.6 Å². The topological polar surface area (TPSA) is 164 Å². The fraction of sp³-hybridized carbons (Fsp3) is 0.884. The number of aliphatic hydroxyl groups excluding tert-OH is 1. The highest BCUT2D eigenvalue weighted by Crippen LogP contribution is 2.49. The molecule has 0 unspecified atom stereocenters. The van der Waals surface area contributed by atoms with Crippen molar-refractivity contribution in [2.75, 3.05) is 13.2 Å². The molecule has 2 aliphatic carbocycles. The number of ether oxygens (including phenoxy) is 10. The summed E-state index contributed by atoms with van der Waals surface area (Å²) >= 11 is 0. The van der Waals surface area contributed by atoms with Gasteiger partial charge in [-0.2, -0.15) is 0 Å². The lowest BCUT2D eigenvalue weighted by Gasteiger charge is -2.47. The third kappa shape index (κ3) is 10.3. The minimum Gasteiger partial charge on any atom is -0.466 e. The number of aldehydes is 1. The van der Waals surface area contributed by atoms with Crippen LogP contribution >= 0.6 is 0 Å². The molecule has 328 valence electrons. The van der Waals surface area contributed by atoms with E-state index in [9.17, 15) is 19.5 Å². The molecule has 14 nitrogen and oxygen atoms in total. The van der Waals surface area contributed by atoms with E-state index in [0.717, 1.165) is 76.9 Å². The minimum absolute atomic E-state index is 0.183. The summed E-state index contributed by atoms with van der Waals surface area (Å²) in [5.41, 5.74) is 2.15. The van der Waals surface area contributed by atoms with Gasteiger partial charge in [-0.3, -0.25) is 9.59 Å². The molecule has 13 atom stereocenters. The second-order valence-electron chi connectivity index (χ2n) is 18.5. The Morgan fingerprint density at radius 2 is 1.12 bits per heavy atom. The third-order valence-electron chi connectivity index (χ3n) is 12.9. The number of hydrogen-bond donors (Lipinski definition) is 1. The number of carbonyl (C=O) groups excluding carboxylic acids is 3. The van der Waals surface area contributed by atoms with Crippen molar-refractivity contribution in [2.45, 2.75) is 227 Å². The van der Waals surface area contributed by atoms with Crippen LogP contribution in [0.2, 0.25) is 19.6 Å². The largest absolute Gasteiger partial charge is 0.466 e. The van der Waals surface area contributed by atoms with Crippen molar-refractivity contribution in [3.8, 4) is 0 Å². The molecule has 0 amide bonds. The summed E-state index contributed by atoms with van der Waals surface area (Å²) in [5, 5.41) is 11.1. The second kappa shape index (κ2) is 19.1. The summed E-state index contributed by atoms with van der Waals surface area (Å²) in [4.78, 5) is 35.4. The van der Waals surface area contributed by atoms with Gasteiger partial charge in [0.15, 0.2) is 17.9 Å². The molecule has 2 saturated carbocycles. The second-order valence-corrected chi connectivity index (χ2v) is 23.6. The van der Waals surface area contributed by atoms with Gasteiger partial charge in [0.1, 0.15) is 54.9 Å². The molecule has 0 aromatic rings. The van der Waals surface area contributed by atoms with Crippen LogP contribution in [0, 0.1) is 0 Å². The molecule has 6 saturated heterocycles. The van der Waals surface area contributed by atoms with Crippen LogP contribution in [0.5, 0.6) is 0 Å². The molecule has 0 radical (unpaired) electrons. The summed E-state index contributed by atoms with van der Waals surface area (Å²) in [5.74, 6) is -1.70. The van der Waals surface area contributed by atoms with Crippen LogP contribution in [0.15, 0.2) is 11.8 Å². The van der Waals surface area contributed by atoms with Crippen LogP contribution in [0.3, 0.4) is 0 Å². The fourth-order valence-electron chi connectivity index (χ4n) is 10.2. The zero-order valence-corrected chi connectivity index (χ0v) is 36.2. The Morgan fingerprint density at radius 3 is 1.60 bits per heavy atom. The van der Waals surface area contributed by atoms with Gasteiger partial charge in [-0.25, -0.2) is 0 Å². The standard InChI is InChI=1S/C24H40O7Si.C19H28O7/c1-5-27-19(26)15-16-9-10-18-21(28-16)23-22(30-24(31-23)12-7-6-8-13-24)20(29-18)17(25)11-14-32(2,3)4;1-2-22-15(21)10-12-6-7-13-16(23-12)18-17(14(11-20)24-13)25-19(26-18)8-4-3-5-9-19/h11,14,16-18,20-23,25H,5-10,12-13,15H2,1-4H3;11-14,16-18H,2-10H2,1H3/b14-11+;/t16-,17+,18+,20+,21+,22-,23+;12-,13+,14+,16+,17-,18+/m11/s1. The summed E-state index contributed by atoms with van der Waals surface area (Å²) in [6.07, 6.45) is 11.4. The molecule has 8 fully saturated rings. The summed E-state index contributed by atoms with van der Waals surface area (Å²) in [6.45, 7) is 11.1. The molecule has 6 heterocycles. The zero-order valence-electron chi connectivity index (χ0n) is 35.2. The maximum Gasteiger partial charge on any atom is 0.308 e. The van der Waals surface area contributed by atoms with Gasteiger partial charge in [-0.1, -0.05) is 44.3 Å². The van der Waals surface area contributed by atoms with E-state index in [1.807, 2.05) is 13.0 Å². The maximum absolute atomic E-state index is 12.0. The van der Waals surface area contributed by atoms with Gasteiger partial charge in [0.2, 0.25) is 0 Å². The first-order valence-corrected chi connectivity index (χ1v) is 25.9. The molecule has 6 aliphatic heterocycles. The molecule has 58 heavy (non-hydrogen) atoms. The smallest absolute Gasteiger partial charge is 0.308 e. The van der Waals surface area contributed by atoms with Crippen molar-refractivity contribution in [2.24, 2.45) is 0 Å². The number of carbonyl (C=O) groups is 3. The molecular weight excluding hydrogens is 769 g/mol. The van der Waals surface area contributed by atoms with Crippen LogP contribution in [0.4, 0.5) is 0 Å². The van der Waals surface area contributed by atoms with E-state index in [0.29, 0.717) is 19.6 Å². The van der Waals surface area contributed by atoms with E-state index in [1.54, 1.807) is 6.92 Å². The Kier molecular flexibility index (Phi) is 14.6. The Morgan fingerprint density at radius 1 is 0.655 bits per heavy atom. The van der Waals surface area contributed by atoms with Crippen molar-refractivity contribution < 1.29 is 66.9 Å². The van der Waals surface area contributed by atoms with Gasteiger partial charge in [0.25, 0.3) is 0 Å². The summed E-state index contributed by atoms with van der Waals surface area (Å²) in [6, 6.07) is 0. The predicted octanol–water partition coefficient (Wildman–Crippen LogP) is 5.39. The van der Waals surface area contributed by atoms with Crippen molar-refractivity contribution >= 4 is 26.3 Å². The lowest BCUT2D eigenvalue weighted by molar-refractivity contribution is -0.250. The van der Waals surface area contributed by atoms with Crippen molar-refractivity contribution in [3.63, 3.8) is 0 Å². The van der Waals surface area contributed by atoms with Gasteiger partial charge in [0, 0.05) is 25.7 Å². The average Bonchev–Trinajstić information content (AvgIpc) is 3.75. The molecule has 8 rings (SSSR count). The molecule has 1 N–H and O–H groups in total. The summed E-state index contributed by atoms with van der Waals surface area (Å²) in [7, 11) is -1.46. The minimum atomic E-state index is -1.46. The SMILES string of the molecule is CCOC(=O)C[C@H]1CC[C@@H]2O[C@@H](C=O)[C@H]3OC4(CCCCC4)O[C@H]3[C@H]2O1.CCOC(=O)C[C@H]1CC[C@@H]2O[C@@H]([C@@H](O)/C=C/[Si](C)(C)C)[C@H]3OC4(CCCCC4)O[C@H]3[C@H]2O1. The molecule has 0 bridgehead atoms. The van der Waals surface area contributed by atoms with E-state index >= 15 is 0 Å². The number of fused-ring (bicyclic) bond motifs is 6. The first-order chi connectivity index (χ1) is 27.8. The van der Waals surface area contributed by atoms with Crippen molar-refractivity contribution in [1.82, 2.24) is 0 Å². The number of hydrogen-bond acceptors (Lipinski definition) is 14. The van der Waals surface area contributed by atoms with Gasteiger partial charge in [-0.15, -0.1) is 0 Å². The highest BCUT2D eigenvalue weighted by Gasteiger charge is 2.61. The number of esters is 2. The quantitative estimate of drug-likeness (QED) is 0.169. The lowest BCUT2D eigenvalue weighted by atomic mass is 9.87. The third-order valence-corrected chi connectivity index (χ3v) is 14.1. The zero-order chi connectivity index (χ0) is 41.1. The van der Waals surface area contributed by atoms with Crippen LogP contribution in [0.25, 0.3) is 0 Å². The van der Waals surface area contributed by atoms with Gasteiger partial charge >= 0.3 is 11.9 Å². The first-order valence-electron chi connectivity index (χ1n) is 22.3. The van der Waals surface area contributed by atoms with Crippen LogP contribution in [-0.2, 0) is 61.8 Å². The van der Waals surface area contributed by atoms with E-state index in [2.05, 4.69) is 25.3 Å². The summed E-state index contributed by atoms with van der Waals surface area (Å²) < 4.78 is 61.0. The van der Waals surface area contributed by atoms with Crippen molar-refractivity contribution in [3.05, 3.63) is 11.8 Å². The van der Waals surface area contributed by atoms with Crippen LogP contribution in [0.1, 0.15) is 117 Å². The van der Waals surface area contributed by atoms with Crippen LogP contribution < -0.4 is 0 Å². The normalized spacial score (nSPS) is 39.3. The molecular formula is C43H68O14Si. The molecule has 15 heteroatoms. The maximum atomic E-state index is 12.0. The Balaban J connectivity index is 0.000000180. The van der Waals surface area contributed by atoms with Crippen LogP contribution in [-0.4, -0.2) is 136 Å². The molecule has 2 spiro atoms. The lowest BCUT2D eigenvalue weighted by Crippen LogP contribution is -2.62. The molecule has 8 aliphatic rings. The monoisotopic (exact) mass is 836 g/mol. The van der Waals surface area contributed by atoms with E-state index < -0.39 is 50.2 Å². The molecule has 0 aromatic carbocycles. The van der Waals surface area contributed by atoms with E-state index in [4.69, 9.17) is 47.4 Å². The van der Waals surface area contributed by atoms with Gasteiger partial charge in [0.05, 0.1) is 58.5 Å². The van der Waals surface area contributed by atoms with E-state index in [1.165, 1.54) is 12.8 Å². The number of rotatable bonds is 10. The Bertz CT molecular complexity index is 1420. The fourth-order valence-corrected chi connectivity index (χ4v) is 11.0. The van der Waals surface area contributed by atoms with Crippen molar-refractivity contribution in [1.29, 1.82) is 0 Å². The number of aliphatic hydroxyl groups is 1. The highest BCUT2D eigenvalue weighted by molar-refractivity contribution is 6.80. The predicted molar refractivity (Wildman–Crippen MR) is 211 cm³/mol. The first kappa shape index (κ1) is 44.3. The van der Waals surface area contributed by atoms with Gasteiger partial charge < -0.3 is 57.3 Å². The molecule has 0 aromatic heterocycles.